The zero-order valence-corrected chi connectivity index (χ0v) is 15.5. The van der Waals surface area contributed by atoms with E-state index in [4.69, 9.17) is 4.42 Å². The molecule has 1 unspecified atom stereocenters. The molecule has 0 saturated carbocycles. The number of rotatable bonds is 4. The van der Waals surface area contributed by atoms with Crippen molar-refractivity contribution in [3.63, 3.8) is 0 Å². The summed E-state index contributed by atoms with van der Waals surface area (Å²) in [6.45, 7) is 1.29. The maximum atomic E-state index is 12.6. The van der Waals surface area contributed by atoms with E-state index in [-0.39, 0.29) is 17.5 Å². The van der Waals surface area contributed by atoms with Gasteiger partial charge in [-0.05, 0) is 31.5 Å². The zero-order chi connectivity index (χ0) is 18.3. The van der Waals surface area contributed by atoms with Gasteiger partial charge in [0.1, 0.15) is 16.4 Å². The highest BCUT2D eigenvalue weighted by Crippen LogP contribution is 2.31. The maximum absolute atomic E-state index is 12.6. The van der Waals surface area contributed by atoms with Crippen LogP contribution < -0.4 is 5.56 Å². The Kier molecular flexibility index (Phi) is 4.37. The summed E-state index contributed by atoms with van der Waals surface area (Å²) >= 11 is 1.43. The third-order valence-electron chi connectivity index (χ3n) is 4.72. The van der Waals surface area contributed by atoms with Crippen LogP contribution in [-0.4, -0.2) is 52.4 Å². The van der Waals surface area contributed by atoms with Crippen LogP contribution in [0.2, 0.25) is 0 Å². The lowest BCUT2D eigenvalue weighted by Crippen LogP contribution is -2.42. The normalized spacial score (nSPS) is 17.8. The van der Waals surface area contributed by atoms with Crippen LogP contribution in [0, 0.1) is 0 Å². The summed E-state index contributed by atoms with van der Waals surface area (Å²) in [7, 11) is 3.54. The van der Waals surface area contributed by atoms with Crippen LogP contribution in [0.1, 0.15) is 18.7 Å². The third-order valence-corrected chi connectivity index (χ3v) is 5.59. The van der Waals surface area contributed by atoms with E-state index < -0.39 is 0 Å². The van der Waals surface area contributed by atoms with Crippen LogP contribution >= 0.6 is 11.3 Å². The van der Waals surface area contributed by atoms with E-state index >= 15 is 0 Å². The molecule has 26 heavy (non-hydrogen) atoms. The molecule has 4 heterocycles. The highest BCUT2D eigenvalue weighted by molar-refractivity contribution is 7.17. The summed E-state index contributed by atoms with van der Waals surface area (Å²) in [5, 5.41) is 2.44. The van der Waals surface area contributed by atoms with Gasteiger partial charge in [0.05, 0.1) is 24.2 Å². The third kappa shape index (κ3) is 2.95. The Hall–Kier alpha value is -2.45. The zero-order valence-electron chi connectivity index (χ0n) is 14.7. The second-order valence-electron chi connectivity index (χ2n) is 6.68. The van der Waals surface area contributed by atoms with E-state index in [0.29, 0.717) is 28.3 Å². The predicted octanol–water partition coefficient (Wildman–Crippen LogP) is 2.30. The van der Waals surface area contributed by atoms with Gasteiger partial charge in [-0.15, -0.1) is 11.3 Å². The number of thiophene rings is 1. The Morgan fingerprint density at radius 1 is 1.50 bits per heavy atom. The summed E-state index contributed by atoms with van der Waals surface area (Å²) in [5.74, 6) is 1.35. The summed E-state index contributed by atoms with van der Waals surface area (Å²) < 4.78 is 5.42. The van der Waals surface area contributed by atoms with Crippen molar-refractivity contribution in [3.8, 4) is 11.3 Å². The molecule has 1 aliphatic rings. The fraction of sp³-hybridized carbons (Fsp3) is 0.389. The van der Waals surface area contributed by atoms with Crippen LogP contribution in [0.4, 0.5) is 0 Å². The van der Waals surface area contributed by atoms with Crippen LogP contribution in [0.5, 0.6) is 0 Å². The molecule has 4 rings (SSSR count). The summed E-state index contributed by atoms with van der Waals surface area (Å²) in [6, 6.07) is 3.48. The van der Waals surface area contributed by atoms with Crippen LogP contribution in [-0.2, 0) is 11.3 Å². The second-order valence-corrected chi connectivity index (χ2v) is 7.54. The van der Waals surface area contributed by atoms with Crippen LogP contribution in [0.3, 0.4) is 0 Å². The van der Waals surface area contributed by atoms with Gasteiger partial charge in [-0.2, -0.15) is 0 Å². The lowest BCUT2D eigenvalue weighted by atomic mass is 10.2. The molecular weight excluding hydrogens is 352 g/mol. The highest BCUT2D eigenvalue weighted by atomic mass is 32.1. The number of aromatic amines is 1. The number of furan rings is 1. The number of nitrogens with zero attached hydrogens (tertiary/aromatic N) is 3. The standard InChI is InChI=1S/C18H20N4O3S/c1-21(2)18(24)12-5-3-7-22(12)9-14-19-16(23)15-11(10-26-17(15)20-14)13-6-4-8-25-13/h4,6,8,10,12H,3,5,7,9H2,1-2H3,(H,19,20,23). The van der Waals surface area contributed by atoms with Crippen molar-refractivity contribution in [2.24, 2.45) is 0 Å². The molecule has 0 aliphatic carbocycles. The molecule has 0 radical (unpaired) electrons. The van der Waals surface area contributed by atoms with Gasteiger partial charge in [-0.3, -0.25) is 14.5 Å². The molecule has 0 spiro atoms. The quantitative estimate of drug-likeness (QED) is 0.760. The molecule has 8 heteroatoms. The van der Waals surface area contributed by atoms with Gasteiger partial charge in [-0.1, -0.05) is 0 Å². The largest absolute Gasteiger partial charge is 0.464 e. The minimum Gasteiger partial charge on any atom is -0.464 e. The van der Waals surface area contributed by atoms with E-state index in [1.54, 1.807) is 31.3 Å². The Bertz CT molecular complexity index is 990. The summed E-state index contributed by atoms with van der Waals surface area (Å²) in [5.41, 5.74) is 0.587. The molecule has 136 valence electrons. The average Bonchev–Trinajstić information content (AvgIpc) is 3.34. The second kappa shape index (κ2) is 6.69. The molecule has 0 aromatic carbocycles. The van der Waals surface area contributed by atoms with Gasteiger partial charge in [0, 0.05) is 25.0 Å². The molecule has 1 N–H and O–H groups in total. The van der Waals surface area contributed by atoms with Gasteiger partial charge in [-0.25, -0.2) is 4.98 Å². The van der Waals surface area contributed by atoms with E-state index in [2.05, 4.69) is 14.9 Å². The van der Waals surface area contributed by atoms with Crippen molar-refractivity contribution >= 4 is 27.5 Å². The Morgan fingerprint density at radius 2 is 2.35 bits per heavy atom. The van der Waals surface area contributed by atoms with E-state index in [0.717, 1.165) is 24.9 Å². The van der Waals surface area contributed by atoms with Crippen molar-refractivity contribution in [1.29, 1.82) is 0 Å². The molecule has 1 amide bonds. The average molecular weight is 372 g/mol. The molecule has 3 aromatic heterocycles. The number of amides is 1. The van der Waals surface area contributed by atoms with Gasteiger partial charge in [0.15, 0.2) is 0 Å². The number of carbonyl (C=O) groups excluding carboxylic acids is 1. The Labute approximate surface area is 154 Å². The number of H-pyrrole nitrogens is 1. The Morgan fingerprint density at radius 3 is 3.08 bits per heavy atom. The fourth-order valence-corrected chi connectivity index (χ4v) is 4.41. The minimum absolute atomic E-state index is 0.0992. The monoisotopic (exact) mass is 372 g/mol. The van der Waals surface area contributed by atoms with Crippen LogP contribution in [0.25, 0.3) is 21.5 Å². The van der Waals surface area contributed by atoms with E-state index in [1.165, 1.54) is 11.3 Å². The first-order valence-electron chi connectivity index (χ1n) is 8.54. The molecule has 1 aliphatic heterocycles. The van der Waals surface area contributed by atoms with Crippen molar-refractivity contribution < 1.29 is 9.21 Å². The molecule has 1 atom stereocenters. The first kappa shape index (κ1) is 17.0. The smallest absolute Gasteiger partial charge is 0.260 e. The van der Waals surface area contributed by atoms with Gasteiger partial charge in [0.25, 0.3) is 5.56 Å². The molecule has 1 fully saturated rings. The van der Waals surface area contributed by atoms with Crippen molar-refractivity contribution in [2.45, 2.75) is 25.4 Å². The number of hydrogen-bond donors (Lipinski definition) is 1. The number of likely N-dealkylation sites (tertiary alicyclic amines) is 1. The molecule has 3 aromatic rings. The molecule has 0 bridgehead atoms. The minimum atomic E-state index is -0.174. The Balaban J connectivity index is 1.64. The van der Waals surface area contributed by atoms with E-state index in [1.807, 2.05) is 11.4 Å². The number of nitrogens with one attached hydrogen (secondary N) is 1. The van der Waals surface area contributed by atoms with Crippen molar-refractivity contribution in [1.82, 2.24) is 19.8 Å². The lowest BCUT2D eigenvalue weighted by molar-refractivity contribution is -0.133. The lowest BCUT2D eigenvalue weighted by Gasteiger charge is -2.25. The van der Waals surface area contributed by atoms with Crippen molar-refractivity contribution in [3.05, 3.63) is 40.0 Å². The number of fused-ring (bicyclic) bond motifs is 1. The first-order chi connectivity index (χ1) is 12.5. The maximum Gasteiger partial charge on any atom is 0.260 e. The van der Waals surface area contributed by atoms with E-state index in [9.17, 15) is 9.59 Å². The SMILES string of the molecule is CN(C)C(=O)C1CCCN1Cc1nc2scc(-c3ccco3)c2c(=O)[nH]1. The van der Waals surface area contributed by atoms with Gasteiger partial charge in [0.2, 0.25) is 5.91 Å². The molecule has 1 saturated heterocycles. The fourth-order valence-electron chi connectivity index (χ4n) is 3.47. The predicted molar refractivity (Wildman–Crippen MR) is 100 cm³/mol. The number of aromatic nitrogens is 2. The number of carbonyl (C=O) groups is 1. The topological polar surface area (TPSA) is 82.4 Å². The summed E-state index contributed by atoms with van der Waals surface area (Å²) in [4.78, 5) is 36.9. The number of likely N-dealkylation sites (N-methyl/N-ethyl adjacent to an activating group) is 1. The highest BCUT2D eigenvalue weighted by Gasteiger charge is 2.32. The number of hydrogen-bond acceptors (Lipinski definition) is 6. The first-order valence-corrected chi connectivity index (χ1v) is 9.42. The van der Waals surface area contributed by atoms with Gasteiger partial charge >= 0.3 is 0 Å². The van der Waals surface area contributed by atoms with Gasteiger partial charge < -0.3 is 14.3 Å². The summed E-state index contributed by atoms with van der Waals surface area (Å²) in [6.07, 6.45) is 3.40. The van der Waals surface area contributed by atoms with Crippen LogP contribution in [0.15, 0.2) is 33.0 Å². The van der Waals surface area contributed by atoms with Crippen molar-refractivity contribution in [2.75, 3.05) is 20.6 Å². The molecule has 7 nitrogen and oxygen atoms in total. The molecular formula is C18H20N4O3S.